The summed E-state index contributed by atoms with van der Waals surface area (Å²) in [5.41, 5.74) is 8.71. The third kappa shape index (κ3) is 3.03. The molecule has 9 aromatic rings. The van der Waals surface area contributed by atoms with Crippen LogP contribution in [0.4, 0.5) is 0 Å². The van der Waals surface area contributed by atoms with Gasteiger partial charge in [-0.15, -0.1) is 0 Å². The Morgan fingerprint density at radius 3 is 2.12 bits per heavy atom. The molecule has 0 bridgehead atoms. The van der Waals surface area contributed by atoms with Gasteiger partial charge in [-0.1, -0.05) is 91.0 Å². The summed E-state index contributed by atoms with van der Waals surface area (Å²) in [5, 5.41) is 8.36. The van der Waals surface area contributed by atoms with E-state index in [0.717, 1.165) is 38.7 Å². The molecule has 0 saturated carbocycles. The molecule has 186 valence electrons. The van der Waals surface area contributed by atoms with Crippen molar-refractivity contribution in [2.75, 3.05) is 0 Å². The average Bonchev–Trinajstić information content (AvgIpc) is 3.66. The number of hydrogen-bond donors (Lipinski definition) is 0. The van der Waals surface area contributed by atoms with Crippen molar-refractivity contribution in [1.29, 1.82) is 0 Å². The molecule has 0 aliphatic rings. The van der Waals surface area contributed by atoms with Gasteiger partial charge in [-0.3, -0.25) is 4.40 Å². The molecule has 0 spiro atoms. The first-order valence-electron chi connectivity index (χ1n) is 13.5. The monoisotopic (exact) mass is 510 g/mol. The van der Waals surface area contributed by atoms with Crippen molar-refractivity contribution in [3.8, 4) is 22.3 Å². The average molecular weight is 511 g/mol. The molecule has 0 radical (unpaired) electrons. The van der Waals surface area contributed by atoms with Gasteiger partial charge in [-0.25, -0.2) is 4.98 Å². The van der Waals surface area contributed by atoms with E-state index in [1.165, 1.54) is 43.6 Å². The standard InChI is InChI=1S/C37H22N2O/c1-2-8-32-29(6-1)33-22-26(16-17-34(33)39-19-18-38-37(32)39)24-12-13-25-21-27(15-14-23(25)20-24)28-9-5-10-31-30-7-3-4-11-35(30)40-36(28)31/h1-22H. The van der Waals surface area contributed by atoms with E-state index in [1.807, 2.05) is 24.5 Å². The highest BCUT2D eigenvalue weighted by Crippen LogP contribution is 2.38. The van der Waals surface area contributed by atoms with Crippen molar-refractivity contribution in [2.24, 2.45) is 0 Å². The van der Waals surface area contributed by atoms with E-state index in [1.54, 1.807) is 0 Å². The summed E-state index contributed by atoms with van der Waals surface area (Å²) in [7, 11) is 0. The Morgan fingerprint density at radius 2 is 1.23 bits per heavy atom. The van der Waals surface area contributed by atoms with E-state index in [-0.39, 0.29) is 0 Å². The molecule has 3 nitrogen and oxygen atoms in total. The van der Waals surface area contributed by atoms with Gasteiger partial charge in [0.05, 0.1) is 5.52 Å². The van der Waals surface area contributed by atoms with Gasteiger partial charge < -0.3 is 4.42 Å². The Labute approximate surface area is 229 Å². The van der Waals surface area contributed by atoms with E-state index in [4.69, 9.17) is 4.42 Å². The zero-order valence-electron chi connectivity index (χ0n) is 21.5. The quantitative estimate of drug-likeness (QED) is 0.217. The van der Waals surface area contributed by atoms with Crippen molar-refractivity contribution in [1.82, 2.24) is 9.38 Å². The summed E-state index contributed by atoms with van der Waals surface area (Å²) in [5.74, 6) is 0. The molecule has 0 fully saturated rings. The van der Waals surface area contributed by atoms with Crippen molar-refractivity contribution < 1.29 is 4.42 Å². The van der Waals surface area contributed by atoms with Crippen LogP contribution in [-0.4, -0.2) is 9.38 Å². The molecule has 0 saturated heterocycles. The van der Waals surface area contributed by atoms with E-state index in [0.29, 0.717) is 0 Å². The first-order chi connectivity index (χ1) is 19.8. The molecule has 0 N–H and O–H groups in total. The third-order valence-electron chi connectivity index (χ3n) is 8.24. The third-order valence-corrected chi connectivity index (χ3v) is 8.24. The molecule has 40 heavy (non-hydrogen) atoms. The number of rotatable bonds is 2. The van der Waals surface area contributed by atoms with Crippen molar-refractivity contribution in [3.05, 3.63) is 134 Å². The van der Waals surface area contributed by atoms with E-state index >= 15 is 0 Å². The molecule has 3 aromatic heterocycles. The van der Waals surface area contributed by atoms with Crippen LogP contribution >= 0.6 is 0 Å². The van der Waals surface area contributed by atoms with Crippen molar-refractivity contribution in [3.63, 3.8) is 0 Å². The Bertz CT molecular complexity index is 2440. The molecule has 6 aromatic carbocycles. The number of pyridine rings is 1. The van der Waals surface area contributed by atoms with Crippen LogP contribution in [-0.2, 0) is 0 Å². The summed E-state index contributed by atoms with van der Waals surface area (Å²) in [6, 6.07) is 43.4. The molecule has 0 aliphatic heterocycles. The van der Waals surface area contributed by atoms with Gasteiger partial charge in [0.1, 0.15) is 16.8 Å². The van der Waals surface area contributed by atoms with Crippen LogP contribution in [0, 0.1) is 0 Å². The summed E-state index contributed by atoms with van der Waals surface area (Å²) in [6.07, 6.45) is 3.92. The second-order valence-corrected chi connectivity index (χ2v) is 10.5. The summed E-state index contributed by atoms with van der Waals surface area (Å²) in [4.78, 5) is 4.63. The number of benzene rings is 6. The summed E-state index contributed by atoms with van der Waals surface area (Å²) >= 11 is 0. The molecular weight excluding hydrogens is 488 g/mol. The number of hydrogen-bond acceptors (Lipinski definition) is 2. The summed E-state index contributed by atoms with van der Waals surface area (Å²) in [6.45, 7) is 0. The fourth-order valence-electron chi connectivity index (χ4n) is 6.32. The zero-order chi connectivity index (χ0) is 26.2. The lowest BCUT2D eigenvalue weighted by Gasteiger charge is -2.11. The Hall–Kier alpha value is -5.41. The van der Waals surface area contributed by atoms with Gasteiger partial charge in [0.2, 0.25) is 0 Å². The van der Waals surface area contributed by atoms with Crippen LogP contribution in [0.15, 0.2) is 138 Å². The molecule has 3 heterocycles. The van der Waals surface area contributed by atoms with Crippen LogP contribution in [0.1, 0.15) is 0 Å². The minimum Gasteiger partial charge on any atom is -0.455 e. The number of aromatic nitrogens is 2. The molecule has 0 unspecified atom stereocenters. The smallest absolute Gasteiger partial charge is 0.145 e. The maximum absolute atomic E-state index is 6.31. The fourth-order valence-corrected chi connectivity index (χ4v) is 6.32. The van der Waals surface area contributed by atoms with Crippen LogP contribution < -0.4 is 0 Å². The van der Waals surface area contributed by atoms with Gasteiger partial charge in [0.15, 0.2) is 0 Å². The molecule has 3 heteroatoms. The van der Waals surface area contributed by atoms with Crippen molar-refractivity contribution in [2.45, 2.75) is 0 Å². The minimum atomic E-state index is 0.923. The molecule has 0 amide bonds. The number of furan rings is 1. The van der Waals surface area contributed by atoms with Crippen LogP contribution in [0.3, 0.4) is 0 Å². The highest BCUT2D eigenvalue weighted by atomic mass is 16.3. The van der Waals surface area contributed by atoms with Gasteiger partial charge >= 0.3 is 0 Å². The Morgan fingerprint density at radius 1 is 0.525 bits per heavy atom. The number of fused-ring (bicyclic) bond motifs is 10. The van der Waals surface area contributed by atoms with Crippen molar-refractivity contribution >= 4 is 60.0 Å². The lowest BCUT2D eigenvalue weighted by atomic mass is 9.95. The zero-order valence-corrected chi connectivity index (χ0v) is 21.5. The number of nitrogens with zero attached hydrogens (tertiary/aromatic N) is 2. The van der Waals surface area contributed by atoms with E-state index in [2.05, 4.69) is 119 Å². The van der Waals surface area contributed by atoms with Crippen LogP contribution in [0.5, 0.6) is 0 Å². The maximum Gasteiger partial charge on any atom is 0.145 e. The highest BCUT2D eigenvalue weighted by Gasteiger charge is 2.13. The lowest BCUT2D eigenvalue weighted by Crippen LogP contribution is -1.91. The Balaban J connectivity index is 1.18. The van der Waals surface area contributed by atoms with E-state index < -0.39 is 0 Å². The SMILES string of the molecule is c1ccc2c(c1)oc1c(-c3ccc4cc(-c5ccc6c(c5)c5ccccc5c5nccn65)ccc4c3)cccc12. The molecular formula is C37H22N2O. The van der Waals surface area contributed by atoms with Gasteiger partial charge in [0, 0.05) is 39.5 Å². The first-order valence-corrected chi connectivity index (χ1v) is 13.5. The van der Waals surface area contributed by atoms with Gasteiger partial charge in [-0.05, 0) is 63.2 Å². The summed E-state index contributed by atoms with van der Waals surface area (Å²) < 4.78 is 8.50. The predicted molar refractivity (Wildman–Crippen MR) is 166 cm³/mol. The normalized spacial score (nSPS) is 12.0. The number of imidazole rings is 1. The van der Waals surface area contributed by atoms with Gasteiger partial charge in [-0.2, -0.15) is 0 Å². The van der Waals surface area contributed by atoms with E-state index in [9.17, 15) is 0 Å². The Kier molecular flexibility index (Phi) is 4.33. The van der Waals surface area contributed by atoms with Gasteiger partial charge in [0.25, 0.3) is 0 Å². The first kappa shape index (κ1) is 21.5. The van der Waals surface area contributed by atoms with Crippen LogP contribution in [0.2, 0.25) is 0 Å². The minimum absolute atomic E-state index is 0.923. The fraction of sp³-hybridized carbons (Fsp3) is 0. The maximum atomic E-state index is 6.31. The topological polar surface area (TPSA) is 30.4 Å². The largest absolute Gasteiger partial charge is 0.455 e. The molecule has 0 aliphatic carbocycles. The molecule has 9 rings (SSSR count). The lowest BCUT2D eigenvalue weighted by molar-refractivity contribution is 0.670. The number of para-hydroxylation sites is 2. The van der Waals surface area contributed by atoms with Crippen LogP contribution in [0.25, 0.3) is 82.3 Å². The second kappa shape index (κ2) is 8.05. The predicted octanol–water partition coefficient (Wildman–Crippen LogP) is 10.0. The highest BCUT2D eigenvalue weighted by molar-refractivity contribution is 6.13. The second-order valence-electron chi connectivity index (χ2n) is 10.5. The molecule has 0 atom stereocenters.